The maximum atomic E-state index is 13.1. The lowest BCUT2D eigenvalue weighted by Gasteiger charge is -2.45. The summed E-state index contributed by atoms with van der Waals surface area (Å²) in [7, 11) is -7.68. The minimum Gasteiger partial charge on any atom is -0.508 e. The molecule has 0 fully saturated rings. The van der Waals surface area contributed by atoms with Gasteiger partial charge in [0.25, 0.3) is 11.1 Å². The molecule has 0 spiro atoms. The van der Waals surface area contributed by atoms with Gasteiger partial charge in [-0.1, -0.05) is 129 Å². The molecule has 12 aromatic rings. The highest BCUT2D eigenvalue weighted by Gasteiger charge is 2.40. The van der Waals surface area contributed by atoms with Crippen molar-refractivity contribution in [1.82, 2.24) is 19.4 Å². The first-order valence-electron chi connectivity index (χ1n) is 34.7. The number of aromatic nitrogens is 4. The molecule has 0 amide bonds. The van der Waals surface area contributed by atoms with Crippen LogP contribution in [0.1, 0.15) is 162 Å². The van der Waals surface area contributed by atoms with Crippen molar-refractivity contribution in [1.29, 1.82) is 0 Å². The van der Waals surface area contributed by atoms with Crippen LogP contribution in [-0.4, -0.2) is 51.7 Å². The van der Waals surface area contributed by atoms with Gasteiger partial charge in [0.05, 0.1) is 43.6 Å². The van der Waals surface area contributed by atoms with Gasteiger partial charge in [-0.05, 0) is 270 Å². The Labute approximate surface area is 634 Å². The summed E-state index contributed by atoms with van der Waals surface area (Å²) in [6.07, 6.45) is 2.66. The second kappa shape index (κ2) is 34.0. The zero-order chi connectivity index (χ0) is 76.9. The second-order valence-electron chi connectivity index (χ2n) is 29.3. The molecule has 8 aromatic carbocycles. The summed E-state index contributed by atoms with van der Waals surface area (Å²) < 4.78 is 95.5. The Bertz CT molecular complexity index is 5430. The van der Waals surface area contributed by atoms with E-state index in [0.717, 1.165) is 21.3 Å². The third kappa shape index (κ3) is 19.3. The molecule has 0 saturated carbocycles. The predicted molar refractivity (Wildman–Crippen MR) is 436 cm³/mol. The summed E-state index contributed by atoms with van der Waals surface area (Å²) in [4.78, 5) is 25.7. The number of ether oxygens (including phenoxy) is 1. The summed E-state index contributed by atoms with van der Waals surface area (Å²) in [6, 6.07) is 45.2. The molecule has 0 radical (unpaired) electrons. The van der Waals surface area contributed by atoms with Gasteiger partial charge in [0.15, 0.2) is 19.7 Å². The number of aromatic hydroxyl groups is 1. The Morgan fingerprint density at radius 2 is 0.925 bits per heavy atom. The summed E-state index contributed by atoms with van der Waals surface area (Å²) in [5.41, 5.74) is 18.1. The molecule has 12 rings (SSSR count). The maximum Gasteiger partial charge on any atom is 0.255 e. The molecule has 0 aliphatic heterocycles. The highest BCUT2D eigenvalue weighted by atomic mass is 79.9. The Morgan fingerprint density at radius 1 is 0.500 bits per heavy atom. The SMILES string of the molecule is Cc1c(C)c(C)c(P(C(C)(C)C)C(C)(C)C)c(-c2c(C(C)C)cc(C(C)C)cc2C(C)C)c1C.Cc1cc(Br)ccc1-n1c(=O)ccc2cc(S(=O)(=O)Cc3ccon3)ccc21.Cc1cc(Oc2ccc(F)cc2)ccc1-n1c(=O)ccc2cc(S(=O)(=O)Cc3ccon3)ccc21.Oc1ccc(F)cc1.P. The fourth-order valence-corrected chi connectivity index (χ4v) is 20.6. The lowest BCUT2D eigenvalue weighted by molar-refractivity contribution is 0.413. The first kappa shape index (κ1) is 82.9. The molecule has 0 aliphatic rings. The van der Waals surface area contributed by atoms with Crippen molar-refractivity contribution in [2.45, 2.75) is 174 Å². The fraction of sp³-hybridized carbons (Fsp3) is 0.294. The fourth-order valence-electron chi connectivity index (χ4n) is 13.2. The molecular formula is C85H95BrF2N4O10P2S2. The second-order valence-corrected chi connectivity index (χ2v) is 38.0. The Kier molecular flexibility index (Phi) is 26.6. The lowest BCUT2D eigenvalue weighted by atomic mass is 9.79. The van der Waals surface area contributed by atoms with E-state index in [2.05, 4.69) is 149 Å². The number of hydrogen-bond donors (Lipinski definition) is 1. The van der Waals surface area contributed by atoms with E-state index in [0.29, 0.717) is 68.1 Å². The van der Waals surface area contributed by atoms with E-state index in [1.54, 1.807) is 70.0 Å². The predicted octanol–water partition coefficient (Wildman–Crippen LogP) is 21.5. The van der Waals surface area contributed by atoms with Crippen LogP contribution in [0.25, 0.3) is 44.3 Å². The van der Waals surface area contributed by atoms with E-state index in [-0.39, 0.29) is 70.0 Å². The molecular weight excluding hydrogens is 1480 g/mol. The number of rotatable bonds is 15. The number of phenols is 1. The Balaban J connectivity index is 0.000000190. The highest BCUT2D eigenvalue weighted by molar-refractivity contribution is 9.10. The van der Waals surface area contributed by atoms with Crippen LogP contribution in [0.5, 0.6) is 17.2 Å². The quantitative estimate of drug-likeness (QED) is 0.0956. The smallest absolute Gasteiger partial charge is 0.255 e. The third-order valence-electron chi connectivity index (χ3n) is 18.4. The van der Waals surface area contributed by atoms with Gasteiger partial charge < -0.3 is 18.9 Å². The topological polar surface area (TPSA) is 194 Å². The number of aryl methyl sites for hydroxylation is 2. The zero-order valence-corrected chi connectivity index (χ0v) is 69.0. The molecule has 14 nitrogen and oxygen atoms in total. The van der Waals surface area contributed by atoms with Gasteiger partial charge >= 0.3 is 0 Å². The zero-order valence-electron chi connectivity index (χ0n) is 63.5. The van der Waals surface area contributed by atoms with Crippen molar-refractivity contribution >= 4 is 80.5 Å². The number of nitrogens with zero attached hydrogens (tertiary/aromatic N) is 4. The molecule has 558 valence electrons. The molecule has 0 aliphatic carbocycles. The van der Waals surface area contributed by atoms with Crippen LogP contribution in [0.2, 0.25) is 0 Å². The van der Waals surface area contributed by atoms with E-state index >= 15 is 0 Å². The molecule has 21 heteroatoms. The summed E-state index contributed by atoms with van der Waals surface area (Å²) in [5.74, 6) is 1.39. The number of hydrogen-bond acceptors (Lipinski definition) is 12. The summed E-state index contributed by atoms with van der Waals surface area (Å²) in [5, 5.41) is 19.3. The van der Waals surface area contributed by atoms with Crippen molar-refractivity contribution in [3.63, 3.8) is 0 Å². The number of fused-ring (bicyclic) bond motifs is 2. The number of phenolic OH excluding ortho intramolecular Hbond substituents is 1. The van der Waals surface area contributed by atoms with E-state index in [4.69, 9.17) is 18.9 Å². The first-order chi connectivity index (χ1) is 49.3. The average Bonchev–Trinajstić information content (AvgIpc) is 0.741. The van der Waals surface area contributed by atoms with Gasteiger partial charge in [0.1, 0.15) is 52.9 Å². The standard InChI is InChI=1S/C33H53P.C26H19FN2O5S.C20H15BrN2O4S.C6H5FO.H3P/c1-19(2)26-17-27(20(3)4)30(28(18-26)21(5)6)29-24(9)22(7)23(8)25(10)31(29)34(32(11,12)13)33(14,15)16;1-17-14-22(34-21-5-3-19(27)4-6-21)7-9-24(17)29-25-10-8-23(15-18(25)2-11-26(29)30)35(31,32)16-20-12-13-33-28-20;1-13-10-15(21)3-5-18(13)23-19-6-4-17(11-14(19)2-7-20(23)24)28(25,26)12-16-8-9-27-22-16;7-5-1-3-6(8)4-2-5;/h17-21H,1-16H3;2-15H,16H2,1H3;2-11H,12H2,1H3;1-4,8H;1H3. The molecule has 0 bridgehead atoms. The molecule has 4 heterocycles. The molecule has 1 N–H and O–H groups in total. The molecule has 1 atom stereocenters. The molecule has 4 aromatic heterocycles. The number of sulfone groups is 2. The monoisotopic (exact) mass is 1570 g/mol. The minimum absolute atomic E-state index is 0. The van der Waals surface area contributed by atoms with Crippen LogP contribution in [0.3, 0.4) is 0 Å². The highest BCUT2D eigenvalue weighted by Crippen LogP contribution is 2.61. The van der Waals surface area contributed by atoms with Gasteiger partial charge in [-0.25, -0.2) is 25.6 Å². The largest absolute Gasteiger partial charge is 0.508 e. The molecule has 1 unspecified atom stereocenters. The van der Waals surface area contributed by atoms with Crippen molar-refractivity contribution in [3.05, 3.63) is 281 Å². The van der Waals surface area contributed by atoms with Crippen LogP contribution in [-0.2, 0) is 31.2 Å². The minimum atomic E-state index is -3.66. The van der Waals surface area contributed by atoms with Gasteiger partial charge in [0.2, 0.25) is 0 Å². The molecule has 106 heavy (non-hydrogen) atoms. The van der Waals surface area contributed by atoms with E-state index < -0.39 is 27.6 Å². The van der Waals surface area contributed by atoms with E-state index in [9.17, 15) is 35.2 Å². The van der Waals surface area contributed by atoms with Crippen molar-refractivity contribution < 1.29 is 44.5 Å². The normalized spacial score (nSPS) is 11.9. The third-order valence-corrected chi connectivity index (χ3v) is 25.9. The number of halogens is 3. The Hall–Kier alpha value is -8.70. The number of benzene rings is 8. The van der Waals surface area contributed by atoms with Crippen LogP contribution in [0.4, 0.5) is 8.78 Å². The lowest BCUT2D eigenvalue weighted by Crippen LogP contribution is -2.34. The first-order valence-corrected chi connectivity index (χ1v) is 40.1. The van der Waals surface area contributed by atoms with Gasteiger partial charge in [-0.2, -0.15) is 9.90 Å². The summed E-state index contributed by atoms with van der Waals surface area (Å²) in [6.45, 7) is 42.2. The Morgan fingerprint density at radius 3 is 1.32 bits per heavy atom. The number of pyridine rings is 2. The van der Waals surface area contributed by atoms with Gasteiger partial charge in [-0.15, -0.1) is 0 Å². The van der Waals surface area contributed by atoms with E-state index in [1.165, 1.54) is 147 Å². The maximum absolute atomic E-state index is 13.1. The van der Waals surface area contributed by atoms with Crippen LogP contribution in [0.15, 0.2) is 215 Å². The van der Waals surface area contributed by atoms with Crippen LogP contribution >= 0.6 is 33.8 Å². The van der Waals surface area contributed by atoms with Crippen molar-refractivity contribution in [2.75, 3.05) is 0 Å². The van der Waals surface area contributed by atoms with Crippen molar-refractivity contribution in [2.24, 2.45) is 0 Å². The molecule has 0 saturated heterocycles. The average molecular weight is 1580 g/mol. The van der Waals surface area contributed by atoms with Crippen LogP contribution < -0.4 is 21.2 Å². The van der Waals surface area contributed by atoms with E-state index in [1.807, 2.05) is 32.0 Å². The summed E-state index contributed by atoms with van der Waals surface area (Å²) >= 11 is 3.43. The van der Waals surface area contributed by atoms with Crippen LogP contribution in [0, 0.1) is 53.2 Å². The van der Waals surface area contributed by atoms with Crippen molar-refractivity contribution in [3.8, 4) is 39.8 Å². The van der Waals surface area contributed by atoms with Gasteiger partial charge in [0, 0.05) is 39.5 Å². The van der Waals surface area contributed by atoms with Gasteiger partial charge in [-0.3, -0.25) is 18.7 Å².